The molecule has 0 bridgehead atoms. The number of methoxy groups -OCH3 is 1. The Kier molecular flexibility index (Phi) is 14.0. The summed E-state index contributed by atoms with van der Waals surface area (Å²) in [5.74, 6) is 0.969. The third-order valence-electron chi connectivity index (χ3n) is 10.5. The Morgan fingerprint density at radius 1 is 0.896 bits per heavy atom. The first-order valence-electron chi connectivity index (χ1n) is 18.4. The van der Waals surface area contributed by atoms with Gasteiger partial charge in [-0.1, -0.05) is 20.8 Å². The predicted octanol–water partition coefficient (Wildman–Crippen LogP) is 7.21. The summed E-state index contributed by atoms with van der Waals surface area (Å²) in [5.41, 5.74) is 3.70. The molecule has 2 aliphatic carbocycles. The Labute approximate surface area is 295 Å². The molecule has 4 aliphatic rings. The molecule has 48 heavy (non-hydrogen) atoms. The zero-order valence-electron chi connectivity index (χ0n) is 29.7. The number of aromatic carboxylic acids is 1. The Bertz CT molecular complexity index is 1350. The summed E-state index contributed by atoms with van der Waals surface area (Å²) in [7, 11) is 1.46. The second kappa shape index (κ2) is 18.2. The highest BCUT2D eigenvalue weighted by Crippen LogP contribution is 2.46. The number of thiophene rings is 2. The van der Waals surface area contributed by atoms with Crippen molar-refractivity contribution in [3.8, 4) is 0 Å². The molecule has 4 heterocycles. The normalized spacial score (nSPS) is 21.6. The molecule has 2 aromatic heterocycles. The van der Waals surface area contributed by atoms with Crippen LogP contribution in [-0.2, 0) is 28.7 Å². The van der Waals surface area contributed by atoms with Crippen LogP contribution in [0.5, 0.6) is 0 Å². The number of carboxylic acid groups (broad SMARTS) is 1. The maximum absolute atomic E-state index is 12.1. The van der Waals surface area contributed by atoms with E-state index in [4.69, 9.17) is 9.47 Å². The Morgan fingerprint density at radius 3 is 2.15 bits per heavy atom. The predicted molar refractivity (Wildman–Crippen MR) is 198 cm³/mol. The molecule has 0 saturated carbocycles. The van der Waals surface area contributed by atoms with Crippen molar-refractivity contribution >= 4 is 44.6 Å². The number of carbonyl (C=O) groups is 2. The van der Waals surface area contributed by atoms with E-state index >= 15 is 0 Å². The lowest BCUT2D eigenvalue weighted by molar-refractivity contribution is 0.0378. The Morgan fingerprint density at radius 2 is 1.52 bits per heavy atom. The summed E-state index contributed by atoms with van der Waals surface area (Å²) >= 11 is 3.43. The second-order valence-electron chi connectivity index (χ2n) is 14.2. The molecule has 2 unspecified atom stereocenters. The van der Waals surface area contributed by atoms with Gasteiger partial charge in [-0.05, 0) is 119 Å². The average molecular weight is 703 g/mol. The molecule has 6 rings (SSSR count). The van der Waals surface area contributed by atoms with Gasteiger partial charge in [0.1, 0.15) is 10.0 Å². The molecular formula is C37H58N4O5S2. The van der Waals surface area contributed by atoms with E-state index in [1.807, 2.05) is 0 Å². The van der Waals surface area contributed by atoms with Gasteiger partial charge in [0.15, 0.2) is 0 Å². The number of hydrogen-bond acceptors (Lipinski definition) is 10. The summed E-state index contributed by atoms with van der Waals surface area (Å²) in [6.45, 7) is 16.9. The highest BCUT2D eigenvalue weighted by Gasteiger charge is 2.33. The molecular weight excluding hydrogens is 645 g/mol. The van der Waals surface area contributed by atoms with Crippen molar-refractivity contribution in [2.45, 2.75) is 90.9 Å². The molecule has 9 nitrogen and oxygen atoms in total. The van der Waals surface area contributed by atoms with E-state index in [1.165, 1.54) is 48.4 Å². The van der Waals surface area contributed by atoms with Crippen LogP contribution in [0.4, 0.5) is 10.0 Å². The van der Waals surface area contributed by atoms with Crippen LogP contribution in [0.3, 0.4) is 0 Å². The summed E-state index contributed by atoms with van der Waals surface area (Å²) in [6, 6.07) is 0. The number of ether oxygens (including phenoxy) is 2. The minimum Gasteiger partial charge on any atom is -0.478 e. The molecule has 11 heteroatoms. The Balaban J connectivity index is 0.000000190. The van der Waals surface area contributed by atoms with Gasteiger partial charge in [0.25, 0.3) is 0 Å². The van der Waals surface area contributed by atoms with Crippen LogP contribution >= 0.6 is 22.7 Å². The number of aryl methyl sites for hydroxylation is 1. The zero-order valence-corrected chi connectivity index (χ0v) is 31.3. The van der Waals surface area contributed by atoms with Crippen LogP contribution in [0, 0.1) is 11.8 Å². The lowest BCUT2D eigenvalue weighted by atomic mass is 9.78. The van der Waals surface area contributed by atoms with E-state index in [9.17, 15) is 14.7 Å². The SMILES string of the molecule is CCC1CC(C)Cc2sc(NCCCN3CCC(C)CC3)c(C(=O)O)c21.COC(=O)c1c(NCCCN2CCOCC2)sc2c1CCC2. The number of fused-ring (bicyclic) bond motifs is 2. The van der Waals surface area contributed by atoms with Crippen molar-refractivity contribution in [3.05, 3.63) is 32.0 Å². The van der Waals surface area contributed by atoms with Crippen LogP contribution in [0.1, 0.15) is 113 Å². The number of carboxylic acids is 1. The van der Waals surface area contributed by atoms with E-state index < -0.39 is 5.97 Å². The lowest BCUT2D eigenvalue weighted by Gasteiger charge is -2.30. The summed E-state index contributed by atoms with van der Waals surface area (Å²) < 4.78 is 10.3. The first kappa shape index (κ1) is 37.1. The maximum Gasteiger partial charge on any atom is 0.341 e. The Hall–Kier alpha value is -2.18. The molecule has 0 aromatic carbocycles. The standard InChI is InChI=1S/C21H34N2O2S.C16H24N2O3S/c1-4-16-12-15(3)13-17-18(16)19(21(24)25)20(26-17)22-8-5-9-23-10-6-14(2)7-11-23;1-20-16(19)14-12-4-2-5-13(12)22-15(14)17-6-3-7-18-8-10-21-11-9-18/h14-16,22H,4-13H2,1-3H3,(H,24,25);17H,2-11H2,1H3. The van der Waals surface area contributed by atoms with E-state index in [1.54, 1.807) is 22.7 Å². The summed E-state index contributed by atoms with van der Waals surface area (Å²) in [6.07, 6.45) is 11.2. The van der Waals surface area contributed by atoms with Crippen molar-refractivity contribution in [3.63, 3.8) is 0 Å². The monoisotopic (exact) mass is 702 g/mol. The summed E-state index contributed by atoms with van der Waals surface area (Å²) in [4.78, 5) is 31.7. The van der Waals surface area contributed by atoms with Crippen molar-refractivity contribution in [2.75, 3.05) is 83.3 Å². The largest absolute Gasteiger partial charge is 0.478 e. The number of likely N-dealkylation sites (tertiary alicyclic amines) is 1. The first-order chi connectivity index (χ1) is 23.3. The van der Waals surface area contributed by atoms with Gasteiger partial charge >= 0.3 is 11.9 Å². The van der Waals surface area contributed by atoms with Crippen LogP contribution in [0.25, 0.3) is 0 Å². The average Bonchev–Trinajstić information content (AvgIpc) is 3.79. The number of carbonyl (C=O) groups excluding carboxylic acids is 1. The van der Waals surface area contributed by atoms with Gasteiger partial charge in [0.2, 0.25) is 0 Å². The lowest BCUT2D eigenvalue weighted by Crippen LogP contribution is -2.37. The van der Waals surface area contributed by atoms with Crippen LogP contribution in [0.15, 0.2) is 0 Å². The fourth-order valence-corrected chi connectivity index (χ4v) is 10.5. The molecule has 2 aromatic rings. The number of nitrogens with zero attached hydrogens (tertiary/aromatic N) is 2. The maximum atomic E-state index is 12.1. The number of rotatable bonds is 13. The molecule has 268 valence electrons. The number of anilines is 2. The van der Waals surface area contributed by atoms with Gasteiger partial charge in [0, 0.05) is 35.9 Å². The van der Waals surface area contributed by atoms with Gasteiger partial charge in [-0.3, -0.25) is 4.90 Å². The van der Waals surface area contributed by atoms with Crippen LogP contribution in [-0.4, -0.2) is 99.5 Å². The van der Waals surface area contributed by atoms with E-state index in [-0.39, 0.29) is 5.97 Å². The van der Waals surface area contributed by atoms with Crippen molar-refractivity contribution in [1.82, 2.24) is 9.80 Å². The smallest absolute Gasteiger partial charge is 0.341 e. The topological polar surface area (TPSA) is 103 Å². The number of morpholine rings is 1. The van der Waals surface area contributed by atoms with Crippen molar-refractivity contribution in [1.29, 1.82) is 0 Å². The van der Waals surface area contributed by atoms with Crippen LogP contribution < -0.4 is 10.6 Å². The van der Waals surface area contributed by atoms with E-state index in [0.717, 1.165) is 131 Å². The minimum atomic E-state index is -0.761. The van der Waals surface area contributed by atoms with Gasteiger partial charge in [-0.2, -0.15) is 0 Å². The molecule has 0 spiro atoms. The second-order valence-corrected chi connectivity index (χ2v) is 16.4. The summed E-state index contributed by atoms with van der Waals surface area (Å²) in [5, 5.41) is 18.7. The molecule has 0 amide bonds. The highest BCUT2D eigenvalue weighted by atomic mass is 32.1. The first-order valence-corrected chi connectivity index (χ1v) is 20.0. The number of nitrogens with one attached hydrogen (secondary N) is 2. The minimum absolute atomic E-state index is 0.199. The zero-order chi connectivity index (χ0) is 34.0. The molecule has 2 aliphatic heterocycles. The van der Waals surface area contributed by atoms with Crippen molar-refractivity contribution < 1.29 is 24.2 Å². The number of hydrogen-bond donors (Lipinski definition) is 3. The number of piperidine rings is 1. The fraction of sp³-hybridized carbons (Fsp3) is 0.730. The van der Waals surface area contributed by atoms with E-state index in [0.29, 0.717) is 17.4 Å². The van der Waals surface area contributed by atoms with Crippen molar-refractivity contribution in [2.24, 2.45) is 11.8 Å². The van der Waals surface area contributed by atoms with Crippen LogP contribution in [0.2, 0.25) is 0 Å². The third-order valence-corrected chi connectivity index (χ3v) is 13.0. The molecule has 3 N–H and O–H groups in total. The van der Waals surface area contributed by atoms with E-state index in [2.05, 4.69) is 41.2 Å². The number of esters is 1. The highest BCUT2D eigenvalue weighted by molar-refractivity contribution is 7.17. The quantitative estimate of drug-likeness (QED) is 0.148. The van der Waals surface area contributed by atoms with Gasteiger partial charge in [-0.25, -0.2) is 9.59 Å². The van der Waals surface area contributed by atoms with Gasteiger partial charge in [0.05, 0.1) is 31.5 Å². The van der Waals surface area contributed by atoms with Gasteiger partial charge in [-0.15, -0.1) is 22.7 Å². The van der Waals surface area contributed by atoms with Gasteiger partial charge < -0.3 is 30.1 Å². The fourth-order valence-electron chi connectivity index (χ4n) is 7.75. The molecule has 0 radical (unpaired) electrons. The molecule has 2 fully saturated rings. The molecule has 2 atom stereocenters. The third kappa shape index (κ3) is 9.53. The molecule has 2 saturated heterocycles.